The fraction of sp³-hybridized carbons (Fsp3) is 0.615. The highest BCUT2D eigenvalue weighted by Gasteiger charge is 2.44. The monoisotopic (exact) mass is 409 g/mol. The van der Waals surface area contributed by atoms with Crippen molar-refractivity contribution in [2.75, 3.05) is 32.7 Å². The molecule has 0 aromatic carbocycles. The van der Waals surface area contributed by atoms with E-state index in [9.17, 15) is 26.7 Å². The number of nitrogens with zero attached hydrogens (tertiary/aromatic N) is 1. The van der Waals surface area contributed by atoms with Crippen LogP contribution in [0.5, 0.6) is 5.75 Å². The molecule has 0 saturated carbocycles. The van der Waals surface area contributed by atoms with Crippen LogP contribution in [0.3, 0.4) is 0 Å². The molecule has 12 heteroatoms. The van der Waals surface area contributed by atoms with Gasteiger partial charge in [-0.2, -0.15) is 22.0 Å². The largest absolute Gasteiger partial charge is 0.433 e. The summed E-state index contributed by atoms with van der Waals surface area (Å²) in [5.41, 5.74) is 0. The van der Waals surface area contributed by atoms with Gasteiger partial charge in [-0.3, -0.25) is 9.69 Å². The molecule has 1 fully saturated rings. The number of rotatable bonds is 6. The number of hydrogen-bond donors (Lipinski definition) is 2. The molecule has 0 aliphatic carbocycles. The van der Waals surface area contributed by atoms with E-state index in [1.54, 1.807) is 0 Å². The van der Waals surface area contributed by atoms with E-state index in [2.05, 4.69) is 15.4 Å². The number of nitrogens with one attached hydrogen (secondary N) is 2. The van der Waals surface area contributed by atoms with Crippen LogP contribution in [0.4, 0.5) is 22.0 Å². The van der Waals surface area contributed by atoms with Crippen molar-refractivity contribution in [1.29, 1.82) is 0 Å². The van der Waals surface area contributed by atoms with Crippen LogP contribution in [0, 0.1) is 0 Å². The molecule has 2 heterocycles. The molecule has 1 aromatic heterocycles. The zero-order chi connectivity index (χ0) is 17.7. The number of piperazine rings is 1. The number of carbonyl (C=O) groups is 1. The van der Waals surface area contributed by atoms with Crippen LogP contribution < -0.4 is 15.4 Å². The minimum Gasteiger partial charge on any atom is -0.433 e. The Hall–Kier alpha value is -1.17. The second-order valence-electron chi connectivity index (χ2n) is 5.05. The molecule has 2 rings (SSSR count). The summed E-state index contributed by atoms with van der Waals surface area (Å²) in [7, 11) is 0. The number of amides is 1. The summed E-state index contributed by atoms with van der Waals surface area (Å²) in [4.78, 5) is 13.1. The fourth-order valence-electron chi connectivity index (χ4n) is 2.37. The summed E-state index contributed by atoms with van der Waals surface area (Å²) in [5, 5.41) is 6.47. The van der Waals surface area contributed by atoms with Gasteiger partial charge in [0.05, 0.1) is 0 Å². The SMILES string of the molecule is Cl.O=C(NCC(N1CCNCC1)C(F)(F)F)c1sccc1OC(F)F. The van der Waals surface area contributed by atoms with Gasteiger partial charge in [0.25, 0.3) is 5.91 Å². The Labute approximate surface area is 150 Å². The van der Waals surface area contributed by atoms with Crippen molar-refractivity contribution in [3.63, 3.8) is 0 Å². The maximum absolute atomic E-state index is 13.2. The van der Waals surface area contributed by atoms with Gasteiger partial charge in [-0.1, -0.05) is 0 Å². The Kier molecular flexibility index (Phi) is 8.32. The highest BCUT2D eigenvalue weighted by atomic mass is 35.5. The molecule has 1 aromatic rings. The van der Waals surface area contributed by atoms with Gasteiger partial charge in [0.1, 0.15) is 16.7 Å². The summed E-state index contributed by atoms with van der Waals surface area (Å²) < 4.78 is 68.3. The highest BCUT2D eigenvalue weighted by molar-refractivity contribution is 7.12. The Morgan fingerprint density at radius 2 is 2.00 bits per heavy atom. The number of halogens is 6. The van der Waals surface area contributed by atoms with Crippen LogP contribution in [-0.2, 0) is 0 Å². The molecule has 1 aliphatic heterocycles. The third-order valence-corrected chi connectivity index (χ3v) is 4.37. The smallest absolute Gasteiger partial charge is 0.405 e. The molecule has 25 heavy (non-hydrogen) atoms. The third-order valence-electron chi connectivity index (χ3n) is 3.48. The number of thiophene rings is 1. The van der Waals surface area contributed by atoms with Crippen LogP contribution in [-0.4, -0.2) is 62.4 Å². The lowest BCUT2D eigenvalue weighted by molar-refractivity contribution is -0.183. The first kappa shape index (κ1) is 21.9. The maximum Gasteiger partial charge on any atom is 0.405 e. The predicted molar refractivity (Wildman–Crippen MR) is 84.8 cm³/mol. The van der Waals surface area contributed by atoms with E-state index in [0.717, 1.165) is 11.3 Å². The van der Waals surface area contributed by atoms with Crippen molar-refractivity contribution in [3.05, 3.63) is 16.3 Å². The van der Waals surface area contributed by atoms with Gasteiger partial charge in [-0.25, -0.2) is 0 Å². The molecule has 1 atom stereocenters. The second-order valence-corrected chi connectivity index (χ2v) is 5.96. The van der Waals surface area contributed by atoms with Crippen LogP contribution in [0.15, 0.2) is 11.4 Å². The van der Waals surface area contributed by atoms with Gasteiger partial charge < -0.3 is 15.4 Å². The first-order valence-electron chi connectivity index (χ1n) is 7.11. The van der Waals surface area contributed by atoms with E-state index >= 15 is 0 Å². The molecule has 0 spiro atoms. The first-order valence-corrected chi connectivity index (χ1v) is 7.99. The minimum atomic E-state index is -4.51. The lowest BCUT2D eigenvalue weighted by Crippen LogP contribution is -2.57. The summed E-state index contributed by atoms with van der Waals surface area (Å²) in [6.07, 6.45) is -4.51. The Bertz CT molecular complexity index is 552. The molecule has 1 amide bonds. The molecule has 144 valence electrons. The lowest BCUT2D eigenvalue weighted by Gasteiger charge is -2.35. The fourth-order valence-corrected chi connectivity index (χ4v) is 3.11. The Morgan fingerprint density at radius 1 is 1.36 bits per heavy atom. The standard InChI is InChI=1S/C13H16F5N3O2S.ClH/c14-12(15)23-8-1-6-24-10(8)11(22)20-7-9(13(16,17)18)21-4-2-19-3-5-21;/h1,6,9,12,19H,2-5,7H2,(H,20,22);1H. The summed E-state index contributed by atoms with van der Waals surface area (Å²) in [5.74, 6) is -1.22. The molecule has 0 bridgehead atoms. The quantitative estimate of drug-likeness (QED) is 0.708. The second kappa shape index (κ2) is 9.51. The summed E-state index contributed by atoms with van der Waals surface area (Å²) >= 11 is 0.819. The van der Waals surface area contributed by atoms with Gasteiger partial charge in [-0.15, -0.1) is 23.7 Å². The number of hydrogen-bond acceptors (Lipinski definition) is 5. The molecular formula is C13H17ClF5N3O2S. The zero-order valence-electron chi connectivity index (χ0n) is 12.8. The number of carbonyl (C=O) groups excluding carboxylic acids is 1. The lowest BCUT2D eigenvalue weighted by atomic mass is 10.2. The normalized spacial score (nSPS) is 17.0. The van der Waals surface area contributed by atoms with Gasteiger partial charge in [0.2, 0.25) is 0 Å². The van der Waals surface area contributed by atoms with E-state index in [0.29, 0.717) is 13.1 Å². The van der Waals surface area contributed by atoms with Gasteiger partial charge in [-0.05, 0) is 11.4 Å². The van der Waals surface area contributed by atoms with Gasteiger partial charge in [0.15, 0.2) is 0 Å². The van der Waals surface area contributed by atoms with Crippen molar-refractivity contribution in [2.24, 2.45) is 0 Å². The van der Waals surface area contributed by atoms with Crippen molar-refractivity contribution >= 4 is 29.7 Å². The van der Waals surface area contributed by atoms with Gasteiger partial charge in [0, 0.05) is 32.7 Å². The van der Waals surface area contributed by atoms with E-state index in [4.69, 9.17) is 0 Å². The topological polar surface area (TPSA) is 53.6 Å². The molecular weight excluding hydrogens is 393 g/mol. The van der Waals surface area contributed by atoms with Crippen molar-refractivity contribution in [1.82, 2.24) is 15.5 Å². The third kappa shape index (κ3) is 6.24. The summed E-state index contributed by atoms with van der Waals surface area (Å²) in [6.45, 7) is -2.50. The average molecular weight is 410 g/mol. The van der Waals surface area contributed by atoms with Crippen LogP contribution in [0.2, 0.25) is 0 Å². The molecule has 2 N–H and O–H groups in total. The van der Waals surface area contributed by atoms with E-state index in [1.807, 2.05) is 0 Å². The van der Waals surface area contributed by atoms with Crippen LogP contribution >= 0.6 is 23.7 Å². The maximum atomic E-state index is 13.2. The molecule has 1 unspecified atom stereocenters. The summed E-state index contributed by atoms with van der Waals surface area (Å²) in [6, 6.07) is -0.661. The van der Waals surface area contributed by atoms with Gasteiger partial charge >= 0.3 is 12.8 Å². The highest BCUT2D eigenvalue weighted by Crippen LogP contribution is 2.27. The molecule has 0 radical (unpaired) electrons. The Balaban J connectivity index is 0.00000312. The first-order chi connectivity index (χ1) is 11.3. The van der Waals surface area contributed by atoms with Crippen molar-refractivity contribution < 1.29 is 31.5 Å². The molecule has 5 nitrogen and oxygen atoms in total. The van der Waals surface area contributed by atoms with E-state index in [-0.39, 0.29) is 36.1 Å². The molecule has 1 aliphatic rings. The average Bonchev–Trinajstić information content (AvgIpc) is 2.94. The zero-order valence-corrected chi connectivity index (χ0v) is 14.4. The number of ether oxygens (including phenoxy) is 1. The van der Waals surface area contributed by atoms with Crippen molar-refractivity contribution in [3.8, 4) is 5.75 Å². The van der Waals surface area contributed by atoms with E-state index < -0.39 is 31.3 Å². The van der Waals surface area contributed by atoms with E-state index in [1.165, 1.54) is 16.3 Å². The minimum absolute atomic E-state index is 0. The predicted octanol–water partition coefficient (Wildman–Crippen LogP) is 2.34. The number of alkyl halides is 5. The van der Waals surface area contributed by atoms with Crippen LogP contribution in [0.25, 0.3) is 0 Å². The molecule has 1 saturated heterocycles. The van der Waals surface area contributed by atoms with Crippen molar-refractivity contribution in [2.45, 2.75) is 18.8 Å². The van der Waals surface area contributed by atoms with Crippen LogP contribution in [0.1, 0.15) is 9.67 Å². The Morgan fingerprint density at radius 3 is 2.56 bits per heavy atom.